The first-order chi connectivity index (χ1) is 21.0. The van der Waals surface area contributed by atoms with Crippen LogP contribution in [0.15, 0.2) is 72.8 Å². The summed E-state index contributed by atoms with van der Waals surface area (Å²) in [5.41, 5.74) is 10.7. The number of benzene rings is 3. The van der Waals surface area contributed by atoms with E-state index in [9.17, 15) is 13.2 Å². The molecular formula is C42H51F3Zr. The molecule has 4 heteroatoms. The van der Waals surface area contributed by atoms with Crippen molar-refractivity contribution < 1.29 is 34.4 Å². The monoisotopic (exact) mass is 702 g/mol. The van der Waals surface area contributed by atoms with Crippen molar-refractivity contribution in [2.24, 2.45) is 0 Å². The number of hydrogen-bond acceptors (Lipinski definition) is 0. The van der Waals surface area contributed by atoms with Crippen LogP contribution in [0, 0.1) is 0 Å². The van der Waals surface area contributed by atoms with Gasteiger partial charge < -0.3 is 0 Å². The van der Waals surface area contributed by atoms with Crippen molar-refractivity contribution in [2.45, 2.75) is 118 Å². The van der Waals surface area contributed by atoms with Crippen LogP contribution in [-0.2, 0) is 49.1 Å². The van der Waals surface area contributed by atoms with Crippen LogP contribution < -0.4 is 0 Å². The zero-order valence-electron chi connectivity index (χ0n) is 29.8. The summed E-state index contributed by atoms with van der Waals surface area (Å²) in [4.78, 5) is 0. The molecule has 3 aromatic rings. The molecule has 244 valence electrons. The Morgan fingerprint density at radius 2 is 0.978 bits per heavy atom. The van der Waals surface area contributed by atoms with Crippen LogP contribution in [0.1, 0.15) is 131 Å². The van der Waals surface area contributed by atoms with Gasteiger partial charge in [0, 0.05) is 0 Å². The predicted molar refractivity (Wildman–Crippen MR) is 187 cm³/mol. The van der Waals surface area contributed by atoms with Crippen LogP contribution in [0.5, 0.6) is 0 Å². The van der Waals surface area contributed by atoms with Crippen molar-refractivity contribution in [1.29, 1.82) is 0 Å². The molecule has 2 aliphatic carbocycles. The van der Waals surface area contributed by atoms with E-state index in [-0.39, 0.29) is 28.9 Å². The molecule has 3 aromatic carbocycles. The third-order valence-electron chi connectivity index (χ3n) is 9.54. The minimum absolute atomic E-state index is 0.0449. The molecule has 0 aliphatic heterocycles. The number of hydrogen-bond donors (Lipinski definition) is 0. The third-order valence-corrected chi connectivity index (χ3v) is 17.2. The molecular weight excluding hydrogens is 653 g/mol. The Balaban J connectivity index is 1.91. The maximum atomic E-state index is 13.9. The standard InChI is InChI=1S/C29H41.C8H5F3.C5H5.Zr/c1-26(2,3)22-14-18-13-19-15-23(27(4,5)6)25(29(10,11)12)17-21(19)20(18)16-24(22)28(7,8)9;1-6-3-2-4-7(5-6)8(9,10)11;1-2-4-5-3-1;/h13-17H,1-12H3;1-5H;1-5H;. The van der Waals surface area contributed by atoms with E-state index in [4.69, 9.17) is 0 Å². The number of alkyl halides is 3. The Labute approximate surface area is 283 Å². The van der Waals surface area contributed by atoms with Crippen molar-refractivity contribution in [2.75, 3.05) is 0 Å². The molecule has 0 aromatic heterocycles. The number of allylic oxidation sites excluding steroid dienone is 4. The molecule has 5 rings (SSSR count). The van der Waals surface area contributed by atoms with E-state index < -0.39 is 33.0 Å². The fourth-order valence-electron chi connectivity index (χ4n) is 7.21. The van der Waals surface area contributed by atoms with Crippen LogP contribution in [0.4, 0.5) is 13.2 Å². The normalized spacial score (nSPS) is 16.4. The maximum absolute atomic E-state index is 13.9. The van der Waals surface area contributed by atoms with Gasteiger partial charge in [0.15, 0.2) is 0 Å². The predicted octanol–water partition coefficient (Wildman–Crippen LogP) is 12.3. The quantitative estimate of drug-likeness (QED) is 0.255. The van der Waals surface area contributed by atoms with E-state index in [1.165, 1.54) is 56.6 Å². The number of halogens is 3. The average molecular weight is 704 g/mol. The summed E-state index contributed by atoms with van der Waals surface area (Å²) in [7, 11) is 0. The molecule has 46 heavy (non-hydrogen) atoms. The molecule has 0 bridgehead atoms. The topological polar surface area (TPSA) is 0 Å². The SMILES string of the molecule is CC(C)(C)c1cc2c(cc1C(C)(C)C)[CH]([Zr](=[CH]c1cccc(C(F)(F)F)c1)[CH]1C=CC=C1)c1cc(C(C)(C)C)c(C(C)(C)C)cc1-2. The van der Waals surface area contributed by atoms with Gasteiger partial charge in [-0.15, -0.1) is 0 Å². The Bertz CT molecular complexity index is 1660. The first-order valence-electron chi connectivity index (χ1n) is 16.6. The fraction of sp³-hybridized carbons (Fsp3) is 0.452. The molecule has 0 atom stereocenters. The summed E-state index contributed by atoms with van der Waals surface area (Å²) in [6, 6.07) is 15.9. The average Bonchev–Trinajstić information content (AvgIpc) is 3.54. The van der Waals surface area contributed by atoms with Crippen molar-refractivity contribution in [1.82, 2.24) is 0 Å². The van der Waals surface area contributed by atoms with Crippen LogP contribution in [0.2, 0.25) is 3.63 Å². The summed E-state index contributed by atoms with van der Waals surface area (Å²) >= 11 is -2.86. The molecule has 0 radical (unpaired) electrons. The zero-order valence-corrected chi connectivity index (χ0v) is 32.3. The van der Waals surface area contributed by atoms with Gasteiger partial charge in [-0.05, 0) is 0 Å². The van der Waals surface area contributed by atoms with E-state index in [0.29, 0.717) is 5.56 Å². The van der Waals surface area contributed by atoms with Crippen molar-refractivity contribution in [3.05, 3.63) is 117 Å². The first-order valence-corrected chi connectivity index (χ1v) is 20.9. The second-order valence-electron chi connectivity index (χ2n) is 17.5. The molecule has 0 fully saturated rings. The molecule has 0 N–H and O–H groups in total. The summed E-state index contributed by atoms with van der Waals surface area (Å²) in [6.07, 6.45) is 4.45. The van der Waals surface area contributed by atoms with Gasteiger partial charge in [-0.25, -0.2) is 0 Å². The fourth-order valence-corrected chi connectivity index (χ4v) is 15.0. The summed E-state index contributed by atoms with van der Waals surface area (Å²) in [5, 5.41) is 0. The van der Waals surface area contributed by atoms with Gasteiger partial charge >= 0.3 is 285 Å². The van der Waals surface area contributed by atoms with E-state index in [2.05, 4.69) is 135 Å². The molecule has 0 heterocycles. The third kappa shape index (κ3) is 6.81. The molecule has 0 amide bonds. The van der Waals surface area contributed by atoms with Gasteiger partial charge in [-0.1, -0.05) is 0 Å². The summed E-state index contributed by atoms with van der Waals surface area (Å²) in [6.45, 7) is 27.6. The Hall–Kier alpha value is -2.32. The van der Waals surface area contributed by atoms with Crippen molar-refractivity contribution in [3.63, 3.8) is 0 Å². The molecule has 0 saturated heterocycles. The number of fused-ring (bicyclic) bond motifs is 3. The van der Waals surface area contributed by atoms with Crippen LogP contribution >= 0.6 is 0 Å². The molecule has 0 unspecified atom stereocenters. The number of rotatable bonds is 3. The summed E-state index contributed by atoms with van der Waals surface area (Å²) < 4.78 is 44.3. The van der Waals surface area contributed by atoms with Crippen molar-refractivity contribution in [3.8, 4) is 11.1 Å². The van der Waals surface area contributed by atoms with Crippen LogP contribution in [0.3, 0.4) is 0 Å². The van der Waals surface area contributed by atoms with Crippen molar-refractivity contribution >= 4 is 3.71 Å². The van der Waals surface area contributed by atoms with Gasteiger partial charge in [0.25, 0.3) is 0 Å². The van der Waals surface area contributed by atoms with Gasteiger partial charge in [-0.3, -0.25) is 0 Å². The summed E-state index contributed by atoms with van der Waals surface area (Å²) in [5.74, 6) is 0. The van der Waals surface area contributed by atoms with E-state index in [1.807, 2.05) is 6.07 Å². The Morgan fingerprint density at radius 3 is 1.37 bits per heavy atom. The molecule has 2 aliphatic rings. The molecule has 0 spiro atoms. The minimum atomic E-state index is -4.37. The second kappa shape index (κ2) is 11.7. The van der Waals surface area contributed by atoms with Gasteiger partial charge in [0.05, 0.1) is 0 Å². The Kier molecular flexibility index (Phi) is 8.89. The van der Waals surface area contributed by atoms with Gasteiger partial charge in [-0.2, -0.15) is 0 Å². The van der Waals surface area contributed by atoms with E-state index >= 15 is 0 Å². The van der Waals surface area contributed by atoms with Gasteiger partial charge in [0.2, 0.25) is 0 Å². The van der Waals surface area contributed by atoms with Crippen LogP contribution in [0.25, 0.3) is 11.1 Å². The second-order valence-corrected chi connectivity index (χ2v) is 23.7. The van der Waals surface area contributed by atoms with E-state index in [0.717, 1.165) is 0 Å². The van der Waals surface area contributed by atoms with Crippen LogP contribution in [-0.4, -0.2) is 3.71 Å². The first kappa shape index (κ1) is 35.0. The zero-order chi connectivity index (χ0) is 34.2. The molecule has 0 saturated carbocycles. The van der Waals surface area contributed by atoms with Gasteiger partial charge in [0.1, 0.15) is 0 Å². The Morgan fingerprint density at radius 1 is 0.565 bits per heavy atom. The van der Waals surface area contributed by atoms with E-state index in [1.54, 1.807) is 6.07 Å². The molecule has 0 nitrogen and oxygen atoms in total.